The highest BCUT2D eigenvalue weighted by molar-refractivity contribution is 5.94. The molecule has 0 amide bonds. The van der Waals surface area contributed by atoms with Gasteiger partial charge in [0, 0.05) is 11.9 Å². The zero-order valence-electron chi connectivity index (χ0n) is 11.9. The molecule has 1 aromatic carbocycles. The summed E-state index contributed by atoms with van der Waals surface area (Å²) in [4.78, 5) is 12.0. The number of carbonyl (C=O) groups excluding carboxylic acids is 1. The number of nitrogens with zero attached hydrogens (tertiary/aromatic N) is 2. The Labute approximate surface area is 123 Å². The van der Waals surface area contributed by atoms with E-state index >= 15 is 0 Å². The van der Waals surface area contributed by atoms with E-state index < -0.39 is 5.97 Å². The first-order valence-corrected chi connectivity index (χ1v) is 7.30. The molecule has 21 heavy (non-hydrogen) atoms. The van der Waals surface area contributed by atoms with Crippen LogP contribution in [0.1, 0.15) is 47.8 Å². The molecule has 0 saturated heterocycles. The minimum atomic E-state index is -0.413. The molecule has 0 spiro atoms. The Morgan fingerprint density at radius 3 is 2.81 bits per heavy atom. The van der Waals surface area contributed by atoms with E-state index in [1.807, 2.05) is 16.9 Å². The molecule has 1 heterocycles. The quantitative estimate of drug-likeness (QED) is 0.692. The Morgan fingerprint density at radius 1 is 1.29 bits per heavy atom. The minimum absolute atomic E-state index is 0.173. The largest absolute Gasteiger partial charge is 0.455 e. The summed E-state index contributed by atoms with van der Waals surface area (Å²) in [5.74, 6) is -0.413. The zero-order chi connectivity index (χ0) is 14.7. The highest BCUT2D eigenvalue weighted by Gasteiger charge is 2.18. The number of rotatable bonds is 4. The van der Waals surface area contributed by atoms with Crippen molar-refractivity contribution in [2.24, 2.45) is 0 Å². The number of esters is 1. The van der Waals surface area contributed by atoms with Crippen molar-refractivity contribution in [1.82, 2.24) is 9.78 Å². The monoisotopic (exact) mass is 285 g/mol. The van der Waals surface area contributed by atoms with Gasteiger partial charge in [0.05, 0.1) is 17.3 Å². The summed E-state index contributed by atoms with van der Waals surface area (Å²) >= 11 is 0. The first-order valence-electron chi connectivity index (χ1n) is 7.30. The van der Waals surface area contributed by atoms with Gasteiger partial charge >= 0.3 is 5.97 Å². The van der Waals surface area contributed by atoms with Gasteiger partial charge in [-0.2, -0.15) is 5.10 Å². The van der Waals surface area contributed by atoms with E-state index in [1.165, 1.54) is 25.7 Å². The van der Waals surface area contributed by atoms with Gasteiger partial charge in [-0.05, 0) is 31.0 Å². The van der Waals surface area contributed by atoms with E-state index in [-0.39, 0.29) is 6.61 Å². The molecule has 1 aliphatic carbocycles. The van der Waals surface area contributed by atoms with Crippen molar-refractivity contribution >= 4 is 11.7 Å². The van der Waals surface area contributed by atoms with Gasteiger partial charge in [0.2, 0.25) is 0 Å². The summed E-state index contributed by atoms with van der Waals surface area (Å²) in [6.07, 6.45) is 6.86. The Bertz CT molecular complexity index is 630. The van der Waals surface area contributed by atoms with E-state index in [0.717, 1.165) is 5.69 Å². The molecule has 1 aliphatic rings. The van der Waals surface area contributed by atoms with Crippen molar-refractivity contribution in [3.05, 3.63) is 47.8 Å². The topological polar surface area (TPSA) is 70.1 Å². The summed E-state index contributed by atoms with van der Waals surface area (Å²) in [5.41, 5.74) is 7.35. The lowest BCUT2D eigenvalue weighted by molar-refractivity contribution is 0.0468. The molecular formula is C16H19N3O2. The maximum absolute atomic E-state index is 12.0. The fourth-order valence-corrected chi connectivity index (χ4v) is 2.73. The van der Waals surface area contributed by atoms with Crippen LogP contribution < -0.4 is 5.73 Å². The van der Waals surface area contributed by atoms with Crippen LogP contribution in [0.3, 0.4) is 0 Å². The van der Waals surface area contributed by atoms with E-state index in [4.69, 9.17) is 10.5 Å². The van der Waals surface area contributed by atoms with Crippen LogP contribution in [0.5, 0.6) is 0 Å². The maximum Gasteiger partial charge on any atom is 0.340 e. The second-order valence-corrected chi connectivity index (χ2v) is 5.39. The number of hydrogen-bond donors (Lipinski definition) is 1. The van der Waals surface area contributed by atoms with Crippen LogP contribution in [-0.2, 0) is 11.3 Å². The number of nitrogens with two attached hydrogens (primary N) is 1. The first-order chi connectivity index (χ1) is 10.2. The third-order valence-electron chi connectivity index (χ3n) is 3.89. The van der Waals surface area contributed by atoms with Crippen LogP contribution in [0.25, 0.3) is 0 Å². The van der Waals surface area contributed by atoms with Crippen LogP contribution in [0.2, 0.25) is 0 Å². The molecule has 1 fully saturated rings. The highest BCUT2D eigenvalue weighted by atomic mass is 16.5. The van der Waals surface area contributed by atoms with Gasteiger partial charge < -0.3 is 10.5 Å². The normalized spacial score (nSPS) is 15.2. The van der Waals surface area contributed by atoms with Gasteiger partial charge in [-0.1, -0.05) is 25.0 Å². The van der Waals surface area contributed by atoms with Crippen LogP contribution in [0.4, 0.5) is 5.69 Å². The summed E-state index contributed by atoms with van der Waals surface area (Å²) in [6, 6.07) is 9.30. The fraction of sp³-hybridized carbons (Fsp3) is 0.375. The predicted molar refractivity (Wildman–Crippen MR) is 79.7 cm³/mol. The second kappa shape index (κ2) is 5.99. The predicted octanol–water partition coefficient (Wildman–Crippen LogP) is 2.94. The highest BCUT2D eigenvalue weighted by Crippen LogP contribution is 2.28. The minimum Gasteiger partial charge on any atom is -0.455 e. The van der Waals surface area contributed by atoms with Crippen LogP contribution in [0.15, 0.2) is 36.5 Å². The van der Waals surface area contributed by atoms with Gasteiger partial charge in [-0.25, -0.2) is 4.79 Å². The van der Waals surface area contributed by atoms with Crippen molar-refractivity contribution in [1.29, 1.82) is 0 Å². The van der Waals surface area contributed by atoms with Gasteiger partial charge in [0.15, 0.2) is 0 Å². The smallest absolute Gasteiger partial charge is 0.340 e. The third kappa shape index (κ3) is 3.07. The molecule has 2 aromatic rings. The fourth-order valence-electron chi connectivity index (χ4n) is 2.73. The summed E-state index contributed by atoms with van der Waals surface area (Å²) < 4.78 is 7.27. The maximum atomic E-state index is 12.0. The van der Waals surface area contributed by atoms with Gasteiger partial charge in [0.1, 0.15) is 6.61 Å². The zero-order valence-corrected chi connectivity index (χ0v) is 11.9. The third-order valence-corrected chi connectivity index (χ3v) is 3.89. The van der Waals surface area contributed by atoms with Crippen molar-refractivity contribution in [2.75, 3.05) is 5.73 Å². The molecule has 0 unspecified atom stereocenters. The lowest BCUT2D eigenvalue weighted by atomic mass is 10.2. The SMILES string of the molecule is Nc1ccccc1C(=O)OCc1ccn(C2CCCC2)n1. The molecule has 5 nitrogen and oxygen atoms in total. The Kier molecular flexibility index (Phi) is 3.90. The lowest BCUT2D eigenvalue weighted by Crippen LogP contribution is -2.09. The average molecular weight is 285 g/mol. The number of nitrogen functional groups attached to an aromatic ring is 1. The van der Waals surface area contributed by atoms with Gasteiger partial charge in [-0.3, -0.25) is 4.68 Å². The second-order valence-electron chi connectivity index (χ2n) is 5.39. The molecule has 0 atom stereocenters. The Balaban J connectivity index is 1.60. The molecule has 3 rings (SSSR count). The van der Waals surface area contributed by atoms with Crippen LogP contribution >= 0.6 is 0 Å². The average Bonchev–Trinajstić information content (AvgIpc) is 3.16. The Morgan fingerprint density at radius 2 is 2.05 bits per heavy atom. The van der Waals surface area contributed by atoms with E-state index in [1.54, 1.807) is 24.3 Å². The Hall–Kier alpha value is -2.30. The summed E-state index contributed by atoms with van der Waals surface area (Å²) in [6.45, 7) is 0.173. The van der Waals surface area contributed by atoms with Crippen LogP contribution in [-0.4, -0.2) is 15.7 Å². The molecule has 110 valence electrons. The lowest BCUT2D eigenvalue weighted by Gasteiger charge is -2.09. The molecule has 0 aliphatic heterocycles. The standard InChI is InChI=1S/C16H19N3O2/c17-15-8-4-3-7-14(15)16(20)21-11-12-9-10-19(18-12)13-5-1-2-6-13/h3-4,7-10,13H,1-2,5-6,11,17H2. The number of anilines is 1. The molecule has 5 heteroatoms. The summed E-state index contributed by atoms with van der Waals surface area (Å²) in [5, 5.41) is 4.49. The molecule has 1 saturated carbocycles. The number of hydrogen-bond acceptors (Lipinski definition) is 4. The number of ether oxygens (including phenoxy) is 1. The first kappa shape index (κ1) is 13.7. The van der Waals surface area contributed by atoms with Crippen molar-refractivity contribution in [2.45, 2.75) is 38.3 Å². The number of carbonyl (C=O) groups is 1. The van der Waals surface area contributed by atoms with Crippen molar-refractivity contribution in [3.8, 4) is 0 Å². The van der Waals surface area contributed by atoms with Crippen molar-refractivity contribution in [3.63, 3.8) is 0 Å². The van der Waals surface area contributed by atoms with E-state index in [0.29, 0.717) is 17.3 Å². The molecule has 2 N–H and O–H groups in total. The summed E-state index contributed by atoms with van der Waals surface area (Å²) in [7, 11) is 0. The van der Waals surface area contributed by atoms with Gasteiger partial charge in [0.25, 0.3) is 0 Å². The van der Waals surface area contributed by atoms with Crippen LogP contribution in [0, 0.1) is 0 Å². The molecule has 0 radical (unpaired) electrons. The molecule has 1 aromatic heterocycles. The number of aromatic nitrogens is 2. The molecular weight excluding hydrogens is 266 g/mol. The van der Waals surface area contributed by atoms with Crippen molar-refractivity contribution < 1.29 is 9.53 Å². The number of benzene rings is 1. The van der Waals surface area contributed by atoms with E-state index in [9.17, 15) is 4.79 Å². The van der Waals surface area contributed by atoms with Gasteiger partial charge in [-0.15, -0.1) is 0 Å². The molecule has 0 bridgehead atoms. The van der Waals surface area contributed by atoms with E-state index in [2.05, 4.69) is 5.10 Å². The number of para-hydroxylation sites is 1.